The molecule has 3 atom stereocenters. The number of pyridine rings is 1. The first kappa shape index (κ1) is 18.6. The van der Waals surface area contributed by atoms with Crippen molar-refractivity contribution in [3.63, 3.8) is 0 Å². The number of rotatable bonds is 2. The van der Waals surface area contributed by atoms with Gasteiger partial charge in [-0.2, -0.15) is 0 Å². The Morgan fingerprint density at radius 2 is 1.96 bits per heavy atom. The quantitative estimate of drug-likeness (QED) is 0.508. The number of nitrogens with one attached hydrogen (secondary N) is 2. The first-order chi connectivity index (χ1) is 13.0. The minimum absolute atomic E-state index is 0. The van der Waals surface area contributed by atoms with E-state index in [9.17, 15) is 19.8 Å². The lowest BCUT2D eigenvalue weighted by Gasteiger charge is -2.23. The molecule has 2 aromatic rings. The number of aromatic carboxylic acids is 1. The molecule has 1 saturated heterocycles. The molecule has 3 aliphatic rings. The fourth-order valence-corrected chi connectivity index (χ4v) is 4.50. The van der Waals surface area contributed by atoms with E-state index in [0.717, 1.165) is 30.0 Å². The number of aromatic amines is 1. The van der Waals surface area contributed by atoms with Crippen LogP contribution in [0.5, 0.6) is 5.75 Å². The van der Waals surface area contributed by atoms with E-state index in [4.69, 9.17) is 5.73 Å². The predicted molar refractivity (Wildman–Crippen MR) is 108 cm³/mol. The van der Waals surface area contributed by atoms with Gasteiger partial charge in [-0.15, -0.1) is 12.4 Å². The topological polar surface area (TPSA) is 132 Å². The number of aromatic nitrogens is 1. The number of carboxylic acids is 1. The summed E-state index contributed by atoms with van der Waals surface area (Å²) in [5.74, 6) is -0.718. The van der Waals surface area contributed by atoms with Crippen LogP contribution in [0.4, 0.5) is 11.4 Å². The molecule has 3 heterocycles. The molecule has 0 radical (unpaired) electrons. The molecule has 6 N–H and O–H groups in total. The molecule has 1 saturated carbocycles. The van der Waals surface area contributed by atoms with Gasteiger partial charge in [0.15, 0.2) is 5.56 Å². The molecule has 0 bridgehead atoms. The van der Waals surface area contributed by atoms with Crippen molar-refractivity contribution in [2.75, 3.05) is 29.9 Å². The second-order valence-corrected chi connectivity index (χ2v) is 7.55. The van der Waals surface area contributed by atoms with Gasteiger partial charge < -0.3 is 31.1 Å². The Bertz CT molecular complexity index is 1030. The minimum atomic E-state index is -1.44. The van der Waals surface area contributed by atoms with Gasteiger partial charge in [0.25, 0.3) is 5.56 Å². The Kier molecular flexibility index (Phi) is 4.28. The van der Waals surface area contributed by atoms with E-state index >= 15 is 0 Å². The van der Waals surface area contributed by atoms with Crippen molar-refractivity contribution >= 4 is 29.8 Å². The molecule has 1 aliphatic carbocycles. The number of benzene rings is 1. The Morgan fingerprint density at radius 1 is 1.25 bits per heavy atom. The first-order valence-electron chi connectivity index (χ1n) is 9.06. The highest BCUT2D eigenvalue weighted by Crippen LogP contribution is 2.46. The van der Waals surface area contributed by atoms with Crippen LogP contribution in [0.1, 0.15) is 15.9 Å². The molecule has 8 nitrogen and oxygen atoms in total. The van der Waals surface area contributed by atoms with Gasteiger partial charge >= 0.3 is 5.97 Å². The van der Waals surface area contributed by atoms with Crippen molar-refractivity contribution in [2.45, 2.75) is 12.5 Å². The summed E-state index contributed by atoms with van der Waals surface area (Å²) in [7, 11) is 0. The highest BCUT2D eigenvalue weighted by atomic mass is 35.5. The summed E-state index contributed by atoms with van der Waals surface area (Å²) in [6.45, 7) is 2.44. The SMILES string of the molecule is Cl.NC1[C@H]2CN(c3ccc4c(c3)NCCc3c-4[nH]c(=O)c(C(=O)O)c3O)C[C@@H]12. The number of nitrogens with two attached hydrogens (primary N) is 1. The molecule has 0 spiro atoms. The summed E-state index contributed by atoms with van der Waals surface area (Å²) in [6, 6.07) is 6.28. The van der Waals surface area contributed by atoms with Crippen LogP contribution in [0.3, 0.4) is 0 Å². The summed E-state index contributed by atoms with van der Waals surface area (Å²) >= 11 is 0. The van der Waals surface area contributed by atoms with Crippen molar-refractivity contribution in [2.24, 2.45) is 17.6 Å². The van der Waals surface area contributed by atoms with Gasteiger partial charge in [0.2, 0.25) is 0 Å². The molecule has 5 rings (SSSR count). The van der Waals surface area contributed by atoms with Crippen LogP contribution < -0.4 is 21.5 Å². The predicted octanol–water partition coefficient (Wildman–Crippen LogP) is 1.23. The molecule has 28 heavy (non-hydrogen) atoms. The lowest BCUT2D eigenvalue weighted by molar-refractivity contribution is 0.0691. The van der Waals surface area contributed by atoms with Crippen LogP contribution in [0, 0.1) is 11.8 Å². The number of carboxylic acid groups (broad SMARTS) is 1. The molecule has 2 fully saturated rings. The smallest absolute Gasteiger partial charge is 0.345 e. The maximum atomic E-state index is 12.2. The number of aromatic hydroxyl groups is 1. The molecule has 148 valence electrons. The van der Waals surface area contributed by atoms with Crippen molar-refractivity contribution in [3.05, 3.63) is 39.7 Å². The van der Waals surface area contributed by atoms with E-state index in [2.05, 4.69) is 15.2 Å². The second kappa shape index (κ2) is 6.42. The zero-order valence-electron chi connectivity index (χ0n) is 14.9. The molecule has 0 amide bonds. The van der Waals surface area contributed by atoms with Gasteiger partial charge in [-0.1, -0.05) is 0 Å². The third-order valence-corrected chi connectivity index (χ3v) is 6.09. The second-order valence-electron chi connectivity index (χ2n) is 7.55. The van der Waals surface area contributed by atoms with Gasteiger partial charge in [-0.05, 0) is 36.5 Å². The average molecular weight is 405 g/mol. The highest BCUT2D eigenvalue weighted by molar-refractivity contribution is 5.93. The van der Waals surface area contributed by atoms with Crippen LogP contribution in [0.25, 0.3) is 11.3 Å². The number of carbonyl (C=O) groups is 1. The summed E-state index contributed by atoms with van der Waals surface area (Å²) in [4.78, 5) is 28.5. The third kappa shape index (κ3) is 2.63. The molecule has 1 unspecified atom stereocenters. The highest BCUT2D eigenvalue weighted by Gasteiger charge is 2.53. The molecular formula is C19H21ClN4O4. The van der Waals surface area contributed by atoms with E-state index in [0.29, 0.717) is 42.1 Å². The molecule has 1 aromatic carbocycles. The molecule has 1 aromatic heterocycles. The Labute approximate surface area is 166 Å². The number of anilines is 2. The summed E-state index contributed by atoms with van der Waals surface area (Å²) in [5, 5.41) is 22.9. The molecule has 9 heteroatoms. The van der Waals surface area contributed by atoms with E-state index < -0.39 is 22.8 Å². The zero-order chi connectivity index (χ0) is 18.9. The number of fused-ring (bicyclic) bond motifs is 4. The number of piperidine rings is 1. The van der Waals surface area contributed by atoms with E-state index in [1.54, 1.807) is 0 Å². The van der Waals surface area contributed by atoms with Crippen LogP contribution in [-0.2, 0) is 6.42 Å². The monoisotopic (exact) mass is 404 g/mol. The van der Waals surface area contributed by atoms with Gasteiger partial charge in [0.1, 0.15) is 5.75 Å². The van der Waals surface area contributed by atoms with Gasteiger partial charge in [0.05, 0.1) is 5.69 Å². The molecular weight excluding hydrogens is 384 g/mol. The number of H-pyrrole nitrogens is 1. The van der Waals surface area contributed by atoms with Crippen molar-refractivity contribution in [1.82, 2.24) is 4.98 Å². The maximum absolute atomic E-state index is 12.2. The normalized spacial score (nSPS) is 24.2. The standard InChI is InChI=1S/C19H20N4O4.ClH/c20-15-11-6-23(7-12(11)15)8-1-2-9-13(5-8)21-4-3-10-16(9)22-18(25)14(17(10)24)19(26)27;/h1-2,5,11-12,15,21H,3-4,6-7,20H2,(H,26,27)(H2,22,24,25);1H/t11-,12+,15?;. The largest absolute Gasteiger partial charge is 0.506 e. The lowest BCUT2D eigenvalue weighted by Crippen LogP contribution is -2.27. The van der Waals surface area contributed by atoms with Crippen LogP contribution >= 0.6 is 12.4 Å². The third-order valence-electron chi connectivity index (χ3n) is 6.09. The van der Waals surface area contributed by atoms with Crippen molar-refractivity contribution in [3.8, 4) is 17.0 Å². The van der Waals surface area contributed by atoms with E-state index in [-0.39, 0.29) is 12.4 Å². The van der Waals surface area contributed by atoms with Crippen molar-refractivity contribution < 1.29 is 15.0 Å². The fraction of sp³-hybridized carbons (Fsp3) is 0.368. The van der Waals surface area contributed by atoms with Crippen LogP contribution in [0.15, 0.2) is 23.0 Å². The Hall–Kier alpha value is -2.71. The van der Waals surface area contributed by atoms with Crippen LogP contribution in [0.2, 0.25) is 0 Å². The first-order valence-corrected chi connectivity index (χ1v) is 9.06. The van der Waals surface area contributed by atoms with Gasteiger partial charge in [0, 0.05) is 48.2 Å². The van der Waals surface area contributed by atoms with Crippen LogP contribution in [-0.4, -0.2) is 46.8 Å². The summed E-state index contributed by atoms with van der Waals surface area (Å²) in [5.41, 5.74) is 8.22. The van der Waals surface area contributed by atoms with E-state index in [1.807, 2.05) is 18.2 Å². The summed E-state index contributed by atoms with van der Waals surface area (Å²) < 4.78 is 0. The lowest BCUT2D eigenvalue weighted by atomic mass is 10.00. The molecule has 2 aliphatic heterocycles. The van der Waals surface area contributed by atoms with Crippen molar-refractivity contribution in [1.29, 1.82) is 0 Å². The van der Waals surface area contributed by atoms with E-state index in [1.165, 1.54) is 0 Å². The summed E-state index contributed by atoms with van der Waals surface area (Å²) in [6.07, 6.45) is 0.408. The number of hydrogen-bond donors (Lipinski definition) is 5. The number of nitrogens with zero attached hydrogens (tertiary/aromatic N) is 1. The number of halogens is 1. The van der Waals surface area contributed by atoms with Gasteiger partial charge in [-0.25, -0.2) is 4.79 Å². The minimum Gasteiger partial charge on any atom is -0.506 e. The van der Waals surface area contributed by atoms with Gasteiger partial charge in [-0.3, -0.25) is 4.79 Å². The Balaban J connectivity index is 0.00000192. The average Bonchev–Trinajstić information content (AvgIpc) is 3.06. The fourth-order valence-electron chi connectivity index (χ4n) is 4.50. The Morgan fingerprint density at radius 3 is 2.64 bits per heavy atom. The maximum Gasteiger partial charge on any atom is 0.345 e. The zero-order valence-corrected chi connectivity index (χ0v) is 15.8. The number of hydrogen-bond acceptors (Lipinski definition) is 6.